The van der Waals surface area contributed by atoms with Crippen molar-refractivity contribution >= 4 is 38.6 Å². The van der Waals surface area contributed by atoms with Gasteiger partial charge in [0.2, 0.25) is 5.91 Å². The van der Waals surface area contributed by atoms with Crippen LogP contribution in [0, 0.1) is 12.8 Å². The highest BCUT2D eigenvalue weighted by Crippen LogP contribution is 2.28. The number of aromatic nitrogens is 1. The van der Waals surface area contributed by atoms with Crippen LogP contribution in [-0.4, -0.2) is 67.6 Å². The van der Waals surface area contributed by atoms with Crippen molar-refractivity contribution in [1.82, 2.24) is 19.9 Å². The fraction of sp³-hybridized carbons (Fsp3) is 0.429. The van der Waals surface area contributed by atoms with E-state index < -0.39 is 39.7 Å². The fourth-order valence-electron chi connectivity index (χ4n) is 4.66. The number of nitrogens with one attached hydrogen (secondary N) is 2. The number of methoxy groups -OCH3 is 1. The van der Waals surface area contributed by atoms with Crippen LogP contribution < -0.4 is 15.4 Å². The third-order valence-corrected chi connectivity index (χ3v) is 8.43. The zero-order valence-electron chi connectivity index (χ0n) is 23.0. The number of ether oxygens (including phenoxy) is 1. The Kier molecular flexibility index (Phi) is 8.89. The van der Waals surface area contributed by atoms with Gasteiger partial charge in [-0.05, 0) is 56.4 Å². The summed E-state index contributed by atoms with van der Waals surface area (Å²) in [6.45, 7) is 5.26. The number of ketones is 1. The van der Waals surface area contributed by atoms with Crippen molar-refractivity contribution in [2.45, 2.75) is 57.1 Å². The molecule has 0 radical (unpaired) electrons. The number of furan rings is 1. The van der Waals surface area contributed by atoms with Gasteiger partial charge < -0.3 is 19.8 Å². The number of aryl methyl sites for hydroxylation is 1. The van der Waals surface area contributed by atoms with E-state index in [0.717, 1.165) is 4.31 Å². The summed E-state index contributed by atoms with van der Waals surface area (Å²) in [6, 6.07) is 9.72. The molecule has 1 saturated heterocycles. The number of amides is 2. The molecule has 3 aromatic rings. The predicted octanol–water partition coefficient (Wildman–Crippen LogP) is 2.83. The molecule has 3 heterocycles. The third-order valence-electron chi connectivity index (χ3n) is 6.69. The first-order valence-corrected chi connectivity index (χ1v) is 14.6. The number of hydrogen-bond donors (Lipinski definition) is 2. The van der Waals surface area contributed by atoms with Gasteiger partial charge in [0, 0.05) is 17.6 Å². The molecule has 0 spiro atoms. The maximum absolute atomic E-state index is 13.3. The summed E-state index contributed by atoms with van der Waals surface area (Å²) in [5.74, 6) is -0.966. The molecule has 0 aliphatic carbocycles. The number of Topliss-reactive ketones (excluding diaryl/α,β-unsaturated/α-hetero) is 1. The van der Waals surface area contributed by atoms with Crippen molar-refractivity contribution in [3.63, 3.8) is 0 Å². The van der Waals surface area contributed by atoms with E-state index in [9.17, 15) is 22.8 Å². The lowest BCUT2D eigenvalue weighted by Gasteiger charge is -2.23. The van der Waals surface area contributed by atoms with Gasteiger partial charge in [0.25, 0.3) is 15.9 Å². The molecule has 1 fully saturated rings. The van der Waals surface area contributed by atoms with E-state index in [1.807, 2.05) is 13.8 Å². The number of carbonyl (C=O) groups is 3. The lowest BCUT2D eigenvalue weighted by molar-refractivity contribution is -0.129. The topological polar surface area (TPSA) is 148 Å². The summed E-state index contributed by atoms with van der Waals surface area (Å²) in [7, 11) is -2.47. The summed E-state index contributed by atoms with van der Waals surface area (Å²) in [5, 5.41) is 6.04. The van der Waals surface area contributed by atoms with E-state index >= 15 is 0 Å². The first-order chi connectivity index (χ1) is 19.0. The van der Waals surface area contributed by atoms with Crippen molar-refractivity contribution in [2.75, 3.05) is 20.2 Å². The minimum atomic E-state index is -3.98. The summed E-state index contributed by atoms with van der Waals surface area (Å²) >= 11 is 0. The Morgan fingerprint density at radius 3 is 2.65 bits per heavy atom. The quantitative estimate of drug-likeness (QED) is 0.399. The van der Waals surface area contributed by atoms with Crippen LogP contribution >= 0.6 is 0 Å². The first kappa shape index (κ1) is 29.2. The second kappa shape index (κ2) is 12.2. The van der Waals surface area contributed by atoms with Crippen molar-refractivity contribution in [2.24, 2.45) is 5.92 Å². The zero-order valence-corrected chi connectivity index (χ0v) is 23.8. The SMILES string of the molecule is COc1cccc2cc(C(=O)NC(CC(C)C)C(=O)N[C@H]3CCCN(S(=O)(=O)c4cccc(C)n4)CC3=O)oc12. The molecule has 40 heavy (non-hydrogen) atoms. The van der Waals surface area contributed by atoms with Crippen molar-refractivity contribution in [3.05, 3.63) is 53.9 Å². The molecule has 4 rings (SSSR count). The molecular formula is C28H34N4O7S. The Morgan fingerprint density at radius 1 is 1.20 bits per heavy atom. The first-order valence-electron chi connectivity index (χ1n) is 13.1. The van der Waals surface area contributed by atoms with Crippen LogP contribution in [0.4, 0.5) is 0 Å². The van der Waals surface area contributed by atoms with Gasteiger partial charge in [-0.3, -0.25) is 14.4 Å². The van der Waals surface area contributed by atoms with Gasteiger partial charge >= 0.3 is 0 Å². The highest BCUT2D eigenvalue weighted by Gasteiger charge is 2.35. The molecule has 1 aliphatic rings. The predicted molar refractivity (Wildman–Crippen MR) is 147 cm³/mol. The van der Waals surface area contributed by atoms with Crippen LogP contribution in [0.2, 0.25) is 0 Å². The van der Waals surface area contributed by atoms with Crippen molar-refractivity contribution in [3.8, 4) is 5.75 Å². The second-order valence-corrected chi connectivity index (χ2v) is 12.2. The number of fused-ring (bicyclic) bond motifs is 1. The number of pyridine rings is 1. The van der Waals surface area contributed by atoms with Crippen LogP contribution in [0.3, 0.4) is 0 Å². The van der Waals surface area contributed by atoms with Gasteiger partial charge in [-0.25, -0.2) is 13.4 Å². The van der Waals surface area contributed by atoms with Crippen molar-refractivity contribution < 1.29 is 32.0 Å². The van der Waals surface area contributed by atoms with E-state index in [1.54, 1.807) is 43.3 Å². The van der Waals surface area contributed by atoms with Crippen LogP contribution in [-0.2, 0) is 19.6 Å². The normalized spacial score (nSPS) is 17.4. The van der Waals surface area contributed by atoms with E-state index in [-0.39, 0.29) is 36.2 Å². The van der Waals surface area contributed by atoms with Gasteiger partial charge in [0.15, 0.2) is 27.9 Å². The molecule has 2 atom stereocenters. The Bertz CT molecular complexity index is 1520. The van der Waals surface area contributed by atoms with Gasteiger partial charge in [0.05, 0.1) is 19.7 Å². The largest absolute Gasteiger partial charge is 0.493 e. The molecule has 0 saturated carbocycles. The Morgan fingerprint density at radius 2 is 1.95 bits per heavy atom. The summed E-state index contributed by atoms with van der Waals surface area (Å²) in [6.07, 6.45) is 0.953. The molecular weight excluding hydrogens is 536 g/mol. The Hall–Kier alpha value is -3.77. The molecule has 1 aromatic carbocycles. The number of hydrogen-bond acceptors (Lipinski definition) is 8. The molecule has 11 nitrogen and oxygen atoms in total. The smallest absolute Gasteiger partial charge is 0.287 e. The molecule has 1 unspecified atom stereocenters. The summed E-state index contributed by atoms with van der Waals surface area (Å²) < 4.78 is 38.3. The van der Waals surface area contributed by atoms with E-state index in [4.69, 9.17) is 9.15 Å². The van der Waals surface area contributed by atoms with Crippen LogP contribution in [0.5, 0.6) is 5.75 Å². The standard InChI is InChI=1S/C28H34N4O7S/c1-17(2)14-21(31-28(35)24-15-19-9-6-11-23(38-4)26(19)39-24)27(34)30-20-10-7-13-32(16-22(20)33)40(36,37)25-12-5-8-18(3)29-25/h5-6,8-9,11-12,15,17,20-21H,7,10,13-14,16H2,1-4H3,(H,30,34)(H,31,35)/t20-,21?/m0/s1. The lowest BCUT2D eigenvalue weighted by atomic mass is 10.0. The average molecular weight is 571 g/mol. The van der Waals surface area contributed by atoms with Gasteiger partial charge in [-0.15, -0.1) is 0 Å². The highest BCUT2D eigenvalue weighted by molar-refractivity contribution is 7.89. The fourth-order valence-corrected chi connectivity index (χ4v) is 6.10. The van der Waals surface area contributed by atoms with E-state index in [2.05, 4.69) is 15.6 Å². The monoisotopic (exact) mass is 570 g/mol. The Labute approximate surface area is 233 Å². The summed E-state index contributed by atoms with van der Waals surface area (Å²) in [5.41, 5.74) is 0.969. The third kappa shape index (κ3) is 6.50. The number of benzene rings is 1. The van der Waals surface area contributed by atoms with Gasteiger partial charge in [-0.2, -0.15) is 4.31 Å². The maximum Gasteiger partial charge on any atom is 0.287 e. The lowest BCUT2D eigenvalue weighted by Crippen LogP contribution is -2.52. The zero-order chi connectivity index (χ0) is 29.0. The molecule has 1 aliphatic heterocycles. The summed E-state index contributed by atoms with van der Waals surface area (Å²) in [4.78, 5) is 43.6. The van der Waals surface area contributed by atoms with Crippen LogP contribution in [0.15, 0.2) is 51.9 Å². The minimum Gasteiger partial charge on any atom is -0.493 e. The highest BCUT2D eigenvalue weighted by atomic mass is 32.2. The molecule has 2 N–H and O–H groups in total. The average Bonchev–Trinajstić information content (AvgIpc) is 3.27. The molecule has 12 heteroatoms. The molecule has 0 bridgehead atoms. The van der Waals surface area contributed by atoms with Crippen LogP contribution in [0.1, 0.15) is 49.4 Å². The van der Waals surface area contributed by atoms with Crippen LogP contribution in [0.25, 0.3) is 11.0 Å². The number of rotatable bonds is 9. The van der Waals surface area contributed by atoms with Gasteiger partial charge in [-0.1, -0.05) is 32.0 Å². The van der Waals surface area contributed by atoms with Gasteiger partial charge in [0.1, 0.15) is 6.04 Å². The molecule has 214 valence electrons. The molecule has 2 aromatic heterocycles. The van der Waals surface area contributed by atoms with E-state index in [0.29, 0.717) is 35.3 Å². The number of carbonyl (C=O) groups excluding carboxylic acids is 3. The Balaban J connectivity index is 1.46. The van der Waals surface area contributed by atoms with E-state index in [1.165, 1.54) is 13.2 Å². The number of para-hydroxylation sites is 1. The second-order valence-electron chi connectivity index (χ2n) is 10.3. The maximum atomic E-state index is 13.3. The minimum absolute atomic E-state index is 0.0252. The molecule has 2 amide bonds. The number of nitrogens with zero attached hydrogens (tertiary/aromatic N) is 2. The van der Waals surface area contributed by atoms with Crippen molar-refractivity contribution in [1.29, 1.82) is 0 Å². The number of sulfonamides is 1.